The number of benzene rings is 4. The number of aryl methyl sites for hydroxylation is 2. The van der Waals surface area contributed by atoms with Crippen LogP contribution < -0.4 is 9.61 Å². The molecule has 149 valence electrons. The molecule has 4 rings (SSSR count). The fraction of sp³-hybridized carbons (Fsp3) is 0.143. The monoisotopic (exact) mass is 407 g/mol. The molecule has 1 radical (unpaired) electrons. The fourth-order valence-electron chi connectivity index (χ4n) is 3.82. The Bertz CT molecular complexity index is 1070. The predicted molar refractivity (Wildman–Crippen MR) is 129 cm³/mol. The first-order valence-electron chi connectivity index (χ1n) is 10.4. The van der Waals surface area contributed by atoms with E-state index in [1.165, 1.54) is 33.0 Å². The van der Waals surface area contributed by atoms with Crippen LogP contribution in [0.3, 0.4) is 0 Å². The lowest BCUT2D eigenvalue weighted by Crippen LogP contribution is -2.42. The highest BCUT2D eigenvalue weighted by Crippen LogP contribution is 2.27. The molecule has 0 aromatic heterocycles. The van der Waals surface area contributed by atoms with Crippen LogP contribution in [-0.2, 0) is 0 Å². The maximum absolute atomic E-state index is 6.83. The Morgan fingerprint density at radius 3 is 1.73 bits per heavy atom. The van der Waals surface area contributed by atoms with Crippen LogP contribution in [0.1, 0.15) is 29.2 Å². The van der Waals surface area contributed by atoms with E-state index in [-0.39, 0.29) is 0 Å². The van der Waals surface area contributed by atoms with Gasteiger partial charge in [-0.25, -0.2) is 0 Å². The van der Waals surface area contributed by atoms with Crippen LogP contribution in [0.2, 0.25) is 0 Å². The van der Waals surface area contributed by atoms with Crippen LogP contribution in [0.15, 0.2) is 103 Å². The number of hydrogen-bond acceptors (Lipinski definition) is 1. The van der Waals surface area contributed by atoms with Crippen LogP contribution in [0.25, 0.3) is 11.1 Å². The zero-order valence-corrected chi connectivity index (χ0v) is 18.8. The van der Waals surface area contributed by atoms with Gasteiger partial charge in [-0.1, -0.05) is 110 Å². The SMILES string of the molecule is Cc1cccc(C)c1O[Si](c1ccc(-c2ccccc2)cc1)[C@@H](C)c1ccccc1. The number of rotatable bonds is 6. The average molecular weight is 408 g/mol. The van der Waals surface area contributed by atoms with Gasteiger partial charge in [0.05, 0.1) is 0 Å². The van der Waals surface area contributed by atoms with E-state index in [1.807, 2.05) is 0 Å². The lowest BCUT2D eigenvalue weighted by molar-refractivity contribution is 0.556. The van der Waals surface area contributed by atoms with Crippen LogP contribution >= 0.6 is 0 Å². The summed E-state index contributed by atoms with van der Waals surface area (Å²) in [5.74, 6) is 1.03. The molecule has 0 aliphatic carbocycles. The van der Waals surface area contributed by atoms with Gasteiger partial charge in [-0.2, -0.15) is 0 Å². The van der Waals surface area contributed by atoms with Crippen molar-refractivity contribution in [1.29, 1.82) is 0 Å². The van der Waals surface area contributed by atoms with E-state index in [1.54, 1.807) is 0 Å². The Morgan fingerprint density at radius 1 is 0.600 bits per heavy atom. The second-order valence-corrected chi connectivity index (χ2v) is 10.1. The second kappa shape index (κ2) is 9.14. The summed E-state index contributed by atoms with van der Waals surface area (Å²) >= 11 is 0. The summed E-state index contributed by atoms with van der Waals surface area (Å²) in [7, 11) is -1.35. The van der Waals surface area contributed by atoms with Crippen molar-refractivity contribution >= 4 is 14.2 Å². The van der Waals surface area contributed by atoms with E-state index >= 15 is 0 Å². The Kier molecular flexibility index (Phi) is 6.15. The van der Waals surface area contributed by atoms with E-state index in [0.29, 0.717) is 5.54 Å². The summed E-state index contributed by atoms with van der Waals surface area (Å²) in [6, 6.07) is 36.6. The molecule has 0 unspecified atom stereocenters. The lowest BCUT2D eigenvalue weighted by atomic mass is 10.1. The largest absolute Gasteiger partial charge is 0.536 e. The maximum Gasteiger partial charge on any atom is 0.324 e. The van der Waals surface area contributed by atoms with E-state index in [0.717, 1.165) is 5.75 Å². The fourth-order valence-corrected chi connectivity index (χ4v) is 6.14. The molecule has 0 spiro atoms. The zero-order valence-electron chi connectivity index (χ0n) is 17.8. The number of hydrogen-bond donors (Lipinski definition) is 0. The molecule has 0 N–H and O–H groups in total. The molecule has 0 heterocycles. The summed E-state index contributed by atoms with van der Waals surface area (Å²) in [6.45, 7) is 6.56. The van der Waals surface area contributed by atoms with E-state index in [2.05, 4.69) is 124 Å². The zero-order chi connectivity index (χ0) is 20.9. The third-order valence-corrected chi connectivity index (χ3v) is 8.04. The molecule has 0 saturated heterocycles. The minimum atomic E-state index is -1.35. The highest BCUT2D eigenvalue weighted by molar-refractivity contribution is 6.69. The van der Waals surface area contributed by atoms with Crippen molar-refractivity contribution < 1.29 is 4.43 Å². The van der Waals surface area contributed by atoms with Crippen molar-refractivity contribution in [2.45, 2.75) is 26.3 Å². The smallest absolute Gasteiger partial charge is 0.324 e. The van der Waals surface area contributed by atoms with Gasteiger partial charge in [0, 0.05) is 5.54 Å². The molecule has 0 fully saturated rings. The molecule has 0 aliphatic heterocycles. The van der Waals surface area contributed by atoms with E-state index in [4.69, 9.17) is 4.43 Å². The summed E-state index contributed by atoms with van der Waals surface area (Å²) < 4.78 is 6.83. The third-order valence-electron chi connectivity index (χ3n) is 5.59. The van der Waals surface area contributed by atoms with E-state index < -0.39 is 9.04 Å². The topological polar surface area (TPSA) is 9.23 Å². The molecular formula is C28H27OSi. The normalized spacial score (nSPS) is 12.0. The van der Waals surface area contributed by atoms with Gasteiger partial charge in [0.15, 0.2) is 0 Å². The number of para-hydroxylation sites is 1. The van der Waals surface area contributed by atoms with Crippen molar-refractivity contribution in [3.63, 3.8) is 0 Å². The van der Waals surface area contributed by atoms with Crippen molar-refractivity contribution in [2.75, 3.05) is 0 Å². The van der Waals surface area contributed by atoms with Gasteiger partial charge in [0.1, 0.15) is 5.75 Å². The molecule has 1 atom stereocenters. The molecule has 4 aromatic rings. The summed E-state index contributed by atoms with van der Waals surface area (Å²) in [6.07, 6.45) is 0. The Morgan fingerprint density at radius 2 is 1.13 bits per heavy atom. The van der Waals surface area contributed by atoms with Crippen LogP contribution in [0.4, 0.5) is 0 Å². The first-order chi connectivity index (χ1) is 14.6. The van der Waals surface area contributed by atoms with E-state index in [9.17, 15) is 0 Å². The van der Waals surface area contributed by atoms with Gasteiger partial charge < -0.3 is 4.43 Å². The van der Waals surface area contributed by atoms with Crippen LogP contribution in [0.5, 0.6) is 5.75 Å². The van der Waals surface area contributed by atoms with Gasteiger partial charge in [-0.05, 0) is 46.9 Å². The molecule has 1 nitrogen and oxygen atoms in total. The molecule has 0 aliphatic rings. The Balaban J connectivity index is 1.71. The standard InChI is InChI=1S/C28H27OSi/c1-21-11-10-12-22(2)28(21)29-30(23(3)24-13-6-4-7-14-24)27-19-17-26(18-20-27)25-15-8-5-9-16-25/h4-20,23H,1-3H3/t23-/m0/s1. The quantitative estimate of drug-likeness (QED) is 0.328. The summed E-state index contributed by atoms with van der Waals surface area (Å²) in [4.78, 5) is 0. The van der Waals surface area contributed by atoms with Crippen molar-refractivity contribution in [3.05, 3.63) is 120 Å². The minimum Gasteiger partial charge on any atom is -0.536 e. The molecule has 0 bridgehead atoms. The highest BCUT2D eigenvalue weighted by atomic mass is 28.3. The lowest BCUT2D eigenvalue weighted by Gasteiger charge is -2.25. The highest BCUT2D eigenvalue weighted by Gasteiger charge is 2.28. The predicted octanol–water partition coefficient (Wildman–Crippen LogP) is 6.59. The molecular weight excluding hydrogens is 380 g/mol. The Hall–Kier alpha value is -3.10. The van der Waals surface area contributed by atoms with Crippen LogP contribution in [-0.4, -0.2) is 9.04 Å². The first kappa shape index (κ1) is 20.2. The third kappa shape index (κ3) is 4.39. The van der Waals surface area contributed by atoms with Crippen molar-refractivity contribution in [2.24, 2.45) is 0 Å². The van der Waals surface area contributed by atoms with Crippen molar-refractivity contribution in [3.8, 4) is 16.9 Å². The van der Waals surface area contributed by atoms with Gasteiger partial charge >= 0.3 is 9.04 Å². The van der Waals surface area contributed by atoms with Gasteiger partial charge in [0.25, 0.3) is 0 Å². The maximum atomic E-state index is 6.83. The van der Waals surface area contributed by atoms with Crippen molar-refractivity contribution in [1.82, 2.24) is 0 Å². The second-order valence-electron chi connectivity index (χ2n) is 7.76. The molecule has 0 saturated carbocycles. The molecule has 30 heavy (non-hydrogen) atoms. The molecule has 4 aromatic carbocycles. The minimum absolute atomic E-state index is 0.317. The van der Waals surface area contributed by atoms with Gasteiger partial charge in [0.2, 0.25) is 0 Å². The summed E-state index contributed by atoms with van der Waals surface area (Å²) in [5.41, 5.74) is 6.50. The molecule has 2 heteroatoms. The van der Waals surface area contributed by atoms with Gasteiger partial charge in [-0.3, -0.25) is 0 Å². The molecule has 0 amide bonds. The summed E-state index contributed by atoms with van der Waals surface area (Å²) in [5, 5.41) is 1.29. The average Bonchev–Trinajstić information content (AvgIpc) is 2.80. The Labute approximate surface area is 181 Å². The van der Waals surface area contributed by atoms with Crippen LogP contribution in [0, 0.1) is 13.8 Å². The first-order valence-corrected chi connectivity index (χ1v) is 11.9. The van der Waals surface area contributed by atoms with Gasteiger partial charge in [-0.15, -0.1) is 0 Å².